The SMILES string of the molecule is CC(C)(C)c1cc2c(Br)cc3c(Cl)c(C(C)(C)C)cc4c(Br)c(Br)c(c1)c2c34. The van der Waals surface area contributed by atoms with Gasteiger partial charge in [0.2, 0.25) is 0 Å². The van der Waals surface area contributed by atoms with Crippen LogP contribution in [0.2, 0.25) is 5.02 Å². The molecule has 0 saturated heterocycles. The minimum absolute atomic E-state index is 0.0423. The smallest absolute Gasteiger partial charge is 0.0522 e. The van der Waals surface area contributed by atoms with Crippen molar-refractivity contribution in [2.75, 3.05) is 0 Å². The van der Waals surface area contributed by atoms with Gasteiger partial charge in [0.25, 0.3) is 0 Å². The molecule has 0 amide bonds. The molecule has 4 heteroatoms. The Hall–Kier alpha value is -0.350. The Morgan fingerprint density at radius 3 is 1.68 bits per heavy atom. The van der Waals surface area contributed by atoms with Crippen LogP contribution in [0.5, 0.6) is 0 Å². The topological polar surface area (TPSA) is 0 Å². The maximum absolute atomic E-state index is 6.97. The van der Waals surface area contributed by atoms with Crippen molar-refractivity contribution in [3.8, 4) is 0 Å². The van der Waals surface area contributed by atoms with E-state index in [1.54, 1.807) is 0 Å². The molecule has 0 heterocycles. The lowest BCUT2D eigenvalue weighted by molar-refractivity contribution is 0.591. The van der Waals surface area contributed by atoms with E-state index in [1.807, 2.05) is 0 Å². The average Bonchev–Trinajstić information content (AvgIpc) is 2.58. The highest BCUT2D eigenvalue weighted by atomic mass is 79.9. The average molecular weight is 586 g/mol. The summed E-state index contributed by atoms with van der Waals surface area (Å²) in [6.07, 6.45) is 0. The minimum Gasteiger partial charge on any atom is -0.0833 e. The van der Waals surface area contributed by atoms with E-state index in [0.29, 0.717) is 0 Å². The summed E-state index contributed by atoms with van der Waals surface area (Å²) in [6, 6.07) is 9.07. The van der Waals surface area contributed by atoms with Crippen LogP contribution in [0, 0.1) is 0 Å². The van der Waals surface area contributed by atoms with Crippen LogP contribution in [0.25, 0.3) is 32.3 Å². The van der Waals surface area contributed by atoms with Crippen LogP contribution in [0.15, 0.2) is 37.7 Å². The Kier molecular flexibility index (Phi) is 4.91. The van der Waals surface area contributed by atoms with Gasteiger partial charge in [-0.05, 0) is 99.6 Å². The molecule has 0 aliphatic heterocycles. The summed E-state index contributed by atoms with van der Waals surface area (Å²) in [4.78, 5) is 0. The molecule has 4 aromatic rings. The van der Waals surface area contributed by atoms with Gasteiger partial charge in [0, 0.05) is 24.2 Å². The van der Waals surface area contributed by atoms with E-state index in [9.17, 15) is 0 Å². The molecule has 0 aromatic heterocycles. The third-order valence-corrected chi connectivity index (χ3v) is 8.80. The Bertz CT molecular complexity index is 1230. The van der Waals surface area contributed by atoms with Crippen LogP contribution in [0.4, 0.5) is 0 Å². The summed E-state index contributed by atoms with van der Waals surface area (Å²) < 4.78 is 3.26. The zero-order valence-corrected chi connectivity index (χ0v) is 22.3. The van der Waals surface area contributed by atoms with Gasteiger partial charge in [0.1, 0.15) is 0 Å². The minimum atomic E-state index is -0.0423. The molecule has 0 unspecified atom stereocenters. The van der Waals surface area contributed by atoms with Gasteiger partial charge in [-0.1, -0.05) is 69.1 Å². The molecule has 28 heavy (non-hydrogen) atoms. The molecule has 0 aliphatic carbocycles. The van der Waals surface area contributed by atoms with Gasteiger partial charge in [-0.25, -0.2) is 0 Å². The molecule has 0 aliphatic rings. The Balaban J connectivity index is 2.34. The maximum atomic E-state index is 6.97. The van der Waals surface area contributed by atoms with Gasteiger partial charge in [-0.3, -0.25) is 0 Å². The Labute approximate surface area is 196 Å². The first-order chi connectivity index (χ1) is 12.8. The quantitative estimate of drug-likeness (QED) is 0.180. The zero-order chi connectivity index (χ0) is 20.8. The lowest BCUT2D eigenvalue weighted by atomic mass is 9.81. The molecule has 4 rings (SSSR count). The number of benzene rings is 4. The predicted octanol–water partition coefficient (Wildman–Crippen LogP) is 10.1. The molecule has 0 fully saturated rings. The summed E-state index contributed by atoms with van der Waals surface area (Å²) >= 11 is 18.6. The molecular formula is C24H22Br3Cl. The van der Waals surface area contributed by atoms with E-state index >= 15 is 0 Å². The van der Waals surface area contributed by atoms with Gasteiger partial charge >= 0.3 is 0 Å². The fourth-order valence-electron chi connectivity index (χ4n) is 3.95. The van der Waals surface area contributed by atoms with Gasteiger partial charge in [-0.15, -0.1) is 0 Å². The third-order valence-electron chi connectivity index (χ3n) is 5.56. The second-order valence-electron chi connectivity index (χ2n) is 9.64. The summed E-state index contributed by atoms with van der Waals surface area (Å²) in [5.74, 6) is 0. The van der Waals surface area contributed by atoms with E-state index < -0.39 is 0 Å². The molecule has 0 atom stereocenters. The fraction of sp³-hybridized carbons (Fsp3) is 0.333. The summed E-state index contributed by atoms with van der Waals surface area (Å²) in [5, 5.41) is 8.07. The molecule has 4 aromatic carbocycles. The van der Waals surface area contributed by atoms with Crippen LogP contribution in [0.1, 0.15) is 52.7 Å². The number of hydrogen-bond donors (Lipinski definition) is 0. The van der Waals surface area contributed by atoms with Crippen molar-refractivity contribution in [1.82, 2.24) is 0 Å². The summed E-state index contributed by atoms with van der Waals surface area (Å²) in [6.45, 7) is 13.4. The number of rotatable bonds is 0. The van der Waals surface area contributed by atoms with Crippen molar-refractivity contribution >= 4 is 91.7 Å². The Morgan fingerprint density at radius 2 is 1.14 bits per heavy atom. The van der Waals surface area contributed by atoms with E-state index in [1.165, 1.54) is 32.5 Å². The maximum Gasteiger partial charge on any atom is 0.0522 e. The molecule has 0 radical (unpaired) electrons. The Morgan fingerprint density at radius 1 is 0.643 bits per heavy atom. The van der Waals surface area contributed by atoms with Crippen molar-refractivity contribution in [2.45, 2.75) is 52.4 Å². The lowest BCUT2D eigenvalue weighted by Gasteiger charge is -2.26. The van der Waals surface area contributed by atoms with E-state index in [4.69, 9.17) is 11.6 Å². The standard InChI is InChI=1S/C24H22Br3Cl/c1-23(2,3)11-7-12-17(25)10-15-19-14(9-16(22(15)28)24(4,5)6)21(27)20(26)13(8-11)18(12)19/h7-10H,1-6H3. The summed E-state index contributed by atoms with van der Waals surface area (Å²) in [7, 11) is 0. The van der Waals surface area contributed by atoms with Crippen LogP contribution in [-0.4, -0.2) is 0 Å². The van der Waals surface area contributed by atoms with Gasteiger partial charge in [0.05, 0.1) is 5.02 Å². The zero-order valence-electron chi connectivity index (χ0n) is 16.8. The van der Waals surface area contributed by atoms with Crippen LogP contribution in [-0.2, 0) is 10.8 Å². The highest BCUT2D eigenvalue weighted by Gasteiger charge is 2.26. The first-order valence-electron chi connectivity index (χ1n) is 9.32. The molecular weight excluding hydrogens is 563 g/mol. The first-order valence-corrected chi connectivity index (χ1v) is 12.1. The summed E-state index contributed by atoms with van der Waals surface area (Å²) in [5.41, 5.74) is 2.50. The van der Waals surface area contributed by atoms with Crippen molar-refractivity contribution < 1.29 is 0 Å². The van der Waals surface area contributed by atoms with Crippen molar-refractivity contribution in [3.63, 3.8) is 0 Å². The first kappa shape index (κ1) is 20.9. The molecule has 146 valence electrons. The largest absolute Gasteiger partial charge is 0.0833 e. The molecule has 0 bridgehead atoms. The van der Waals surface area contributed by atoms with Crippen LogP contribution >= 0.6 is 59.4 Å². The van der Waals surface area contributed by atoms with E-state index in [0.717, 1.165) is 29.4 Å². The molecule has 0 saturated carbocycles. The van der Waals surface area contributed by atoms with Crippen molar-refractivity contribution in [3.05, 3.63) is 53.8 Å². The van der Waals surface area contributed by atoms with E-state index in [2.05, 4.69) is 114 Å². The predicted molar refractivity (Wildman–Crippen MR) is 136 cm³/mol. The second-order valence-corrected chi connectivity index (χ2v) is 12.5. The third kappa shape index (κ3) is 3.04. The molecule has 0 spiro atoms. The van der Waals surface area contributed by atoms with Gasteiger partial charge in [0.15, 0.2) is 0 Å². The highest BCUT2D eigenvalue weighted by molar-refractivity contribution is 9.13. The van der Waals surface area contributed by atoms with Gasteiger partial charge in [-0.2, -0.15) is 0 Å². The molecule has 0 N–H and O–H groups in total. The van der Waals surface area contributed by atoms with E-state index in [-0.39, 0.29) is 10.8 Å². The number of halogens is 4. The van der Waals surface area contributed by atoms with Crippen LogP contribution < -0.4 is 0 Å². The second kappa shape index (κ2) is 6.57. The van der Waals surface area contributed by atoms with Gasteiger partial charge < -0.3 is 0 Å². The normalized spacial score (nSPS) is 13.4. The lowest BCUT2D eigenvalue weighted by Crippen LogP contribution is -2.13. The van der Waals surface area contributed by atoms with Crippen molar-refractivity contribution in [2.24, 2.45) is 0 Å². The fourth-order valence-corrected chi connectivity index (χ4v) is 6.03. The van der Waals surface area contributed by atoms with Crippen LogP contribution in [0.3, 0.4) is 0 Å². The monoisotopic (exact) mass is 582 g/mol. The highest BCUT2D eigenvalue weighted by Crippen LogP contribution is 2.50. The molecule has 0 nitrogen and oxygen atoms in total. The number of hydrogen-bond acceptors (Lipinski definition) is 0. The van der Waals surface area contributed by atoms with Crippen molar-refractivity contribution in [1.29, 1.82) is 0 Å².